The number of rotatable bonds is 2. The fourth-order valence-electron chi connectivity index (χ4n) is 2.79. The maximum atomic E-state index is 6.28. The largest absolute Gasteiger partial charge is 0.383 e. The quantitative estimate of drug-likeness (QED) is 0.764. The van der Waals surface area contributed by atoms with Crippen LogP contribution < -0.4 is 5.73 Å². The van der Waals surface area contributed by atoms with Gasteiger partial charge in [-0.2, -0.15) is 0 Å². The van der Waals surface area contributed by atoms with Gasteiger partial charge in [0.05, 0.1) is 0 Å². The van der Waals surface area contributed by atoms with Gasteiger partial charge in [-0.25, -0.2) is 4.98 Å². The van der Waals surface area contributed by atoms with Gasteiger partial charge in [-0.1, -0.05) is 24.3 Å². The van der Waals surface area contributed by atoms with Gasteiger partial charge in [0.25, 0.3) is 0 Å². The molecule has 100 valence electrons. The lowest BCUT2D eigenvalue weighted by Crippen LogP contribution is -1.94. The number of hydrogen-bond donors (Lipinski definition) is 1. The molecule has 1 fully saturated rings. The Morgan fingerprint density at radius 3 is 2.80 bits per heavy atom. The first-order valence-corrected chi connectivity index (χ1v) is 7.07. The van der Waals surface area contributed by atoms with Gasteiger partial charge in [0.1, 0.15) is 17.2 Å². The molecule has 0 spiro atoms. The van der Waals surface area contributed by atoms with Gasteiger partial charge >= 0.3 is 0 Å². The average Bonchev–Trinajstić information content (AvgIpc) is 3.25. The highest BCUT2D eigenvalue weighted by atomic mass is 15.1. The monoisotopic (exact) mass is 263 g/mol. The topological polar surface area (TPSA) is 43.3 Å². The summed E-state index contributed by atoms with van der Waals surface area (Å²) < 4.78 is 1.97. The summed E-state index contributed by atoms with van der Waals surface area (Å²) in [5, 5.41) is 0. The van der Waals surface area contributed by atoms with Gasteiger partial charge in [-0.05, 0) is 48.9 Å². The van der Waals surface area contributed by atoms with Crippen LogP contribution in [0.25, 0.3) is 16.9 Å². The number of pyridine rings is 1. The summed E-state index contributed by atoms with van der Waals surface area (Å²) in [6.45, 7) is 2.06. The Morgan fingerprint density at radius 2 is 2.05 bits per heavy atom. The zero-order valence-corrected chi connectivity index (χ0v) is 11.5. The maximum Gasteiger partial charge on any atom is 0.142 e. The minimum absolute atomic E-state index is 0.719. The van der Waals surface area contributed by atoms with Crippen molar-refractivity contribution in [1.82, 2.24) is 9.38 Å². The predicted molar refractivity (Wildman–Crippen MR) is 81.8 cm³/mol. The van der Waals surface area contributed by atoms with E-state index in [0.29, 0.717) is 0 Å². The summed E-state index contributed by atoms with van der Waals surface area (Å²) in [5.74, 6) is 1.46. The Bertz CT molecular complexity index is 797. The number of aromatic nitrogens is 2. The number of aryl methyl sites for hydroxylation is 1. The van der Waals surface area contributed by atoms with Crippen LogP contribution in [0.1, 0.15) is 29.9 Å². The fourth-order valence-corrected chi connectivity index (χ4v) is 2.79. The molecule has 0 atom stereocenters. The number of fused-ring (bicyclic) bond motifs is 1. The van der Waals surface area contributed by atoms with Gasteiger partial charge in [-0.3, -0.25) is 4.40 Å². The van der Waals surface area contributed by atoms with Crippen molar-refractivity contribution >= 4 is 11.5 Å². The number of imidazole rings is 1. The second-order valence-electron chi connectivity index (χ2n) is 5.63. The van der Waals surface area contributed by atoms with Crippen LogP contribution in [-0.2, 0) is 0 Å². The molecule has 1 aliphatic carbocycles. The summed E-state index contributed by atoms with van der Waals surface area (Å²) in [7, 11) is 0. The lowest BCUT2D eigenvalue weighted by Gasteiger charge is -2.03. The van der Waals surface area contributed by atoms with E-state index < -0.39 is 0 Å². The van der Waals surface area contributed by atoms with E-state index in [9.17, 15) is 0 Å². The molecular weight excluding hydrogens is 246 g/mol. The van der Waals surface area contributed by atoms with Crippen LogP contribution >= 0.6 is 0 Å². The minimum Gasteiger partial charge on any atom is -0.383 e. The average molecular weight is 263 g/mol. The molecule has 2 heterocycles. The third-order valence-electron chi connectivity index (χ3n) is 4.09. The first kappa shape index (κ1) is 11.5. The van der Waals surface area contributed by atoms with Crippen molar-refractivity contribution in [2.45, 2.75) is 25.7 Å². The highest BCUT2D eigenvalue weighted by Crippen LogP contribution is 2.41. The summed E-state index contributed by atoms with van der Waals surface area (Å²) in [4.78, 5) is 4.74. The third-order valence-corrected chi connectivity index (χ3v) is 4.09. The molecule has 2 N–H and O–H groups in total. The third kappa shape index (κ3) is 1.70. The molecule has 0 unspecified atom stereocenters. The first-order valence-electron chi connectivity index (χ1n) is 7.07. The molecule has 0 bridgehead atoms. The van der Waals surface area contributed by atoms with E-state index >= 15 is 0 Å². The number of nitrogens with two attached hydrogens (primary N) is 1. The molecule has 1 saturated carbocycles. The van der Waals surface area contributed by atoms with Gasteiger partial charge in [-0.15, -0.1) is 0 Å². The number of nitrogen functional groups attached to an aromatic ring is 1. The van der Waals surface area contributed by atoms with E-state index in [1.54, 1.807) is 0 Å². The number of anilines is 1. The molecule has 0 amide bonds. The maximum absolute atomic E-state index is 6.28. The zero-order chi connectivity index (χ0) is 13.7. The van der Waals surface area contributed by atoms with Crippen molar-refractivity contribution < 1.29 is 0 Å². The van der Waals surface area contributed by atoms with E-state index in [-0.39, 0.29) is 0 Å². The molecular formula is C17H17N3. The van der Waals surface area contributed by atoms with E-state index in [2.05, 4.69) is 37.3 Å². The second-order valence-corrected chi connectivity index (χ2v) is 5.63. The van der Waals surface area contributed by atoms with Gasteiger partial charge < -0.3 is 5.73 Å². The number of benzene rings is 1. The predicted octanol–water partition coefficient (Wildman–Crippen LogP) is 3.77. The van der Waals surface area contributed by atoms with Crippen LogP contribution in [-0.4, -0.2) is 9.38 Å². The SMILES string of the molecule is Cc1cccn2c(N)c(-c3cccc(C4CC4)c3)nc12. The number of nitrogens with zero attached hydrogens (tertiary/aromatic N) is 2. The summed E-state index contributed by atoms with van der Waals surface area (Å²) in [6.07, 6.45) is 4.59. The van der Waals surface area contributed by atoms with Gasteiger partial charge in [0, 0.05) is 11.8 Å². The number of hydrogen-bond acceptors (Lipinski definition) is 2. The van der Waals surface area contributed by atoms with E-state index in [0.717, 1.165) is 34.2 Å². The van der Waals surface area contributed by atoms with Crippen LogP contribution in [0.2, 0.25) is 0 Å². The molecule has 0 aliphatic heterocycles. The second kappa shape index (κ2) is 4.10. The van der Waals surface area contributed by atoms with Crippen LogP contribution in [0.4, 0.5) is 5.82 Å². The standard InChI is InChI=1S/C17H17N3/c1-11-4-3-9-20-16(18)15(19-17(11)20)14-6-2-5-13(10-14)12-7-8-12/h2-6,9-10,12H,7-8,18H2,1H3. The molecule has 3 heteroatoms. The highest BCUT2D eigenvalue weighted by molar-refractivity contribution is 5.76. The van der Waals surface area contributed by atoms with E-state index in [1.165, 1.54) is 18.4 Å². The van der Waals surface area contributed by atoms with Crippen molar-refractivity contribution in [2.75, 3.05) is 5.73 Å². The lowest BCUT2D eigenvalue weighted by atomic mass is 10.1. The summed E-state index contributed by atoms with van der Waals surface area (Å²) in [6, 6.07) is 12.7. The first-order chi connectivity index (χ1) is 9.74. The van der Waals surface area contributed by atoms with Gasteiger partial charge in [0.15, 0.2) is 0 Å². The molecule has 20 heavy (non-hydrogen) atoms. The lowest BCUT2D eigenvalue weighted by molar-refractivity contribution is 1.13. The Balaban J connectivity index is 1.91. The van der Waals surface area contributed by atoms with Crippen LogP contribution in [0, 0.1) is 6.92 Å². The Morgan fingerprint density at radius 1 is 1.20 bits per heavy atom. The van der Waals surface area contributed by atoms with Crippen molar-refractivity contribution in [3.05, 3.63) is 53.7 Å². The molecule has 0 radical (unpaired) electrons. The molecule has 1 aliphatic rings. The molecule has 4 rings (SSSR count). The molecule has 2 aromatic heterocycles. The minimum atomic E-state index is 0.719. The van der Waals surface area contributed by atoms with Crippen molar-refractivity contribution in [3.63, 3.8) is 0 Å². The molecule has 1 aromatic carbocycles. The van der Waals surface area contributed by atoms with Gasteiger partial charge in [0.2, 0.25) is 0 Å². The Hall–Kier alpha value is -2.29. The Labute approximate surface area is 118 Å². The van der Waals surface area contributed by atoms with Crippen molar-refractivity contribution in [3.8, 4) is 11.3 Å². The van der Waals surface area contributed by atoms with Crippen LogP contribution in [0.3, 0.4) is 0 Å². The van der Waals surface area contributed by atoms with Crippen molar-refractivity contribution in [1.29, 1.82) is 0 Å². The van der Waals surface area contributed by atoms with Crippen LogP contribution in [0.5, 0.6) is 0 Å². The summed E-state index contributed by atoms with van der Waals surface area (Å²) >= 11 is 0. The highest BCUT2D eigenvalue weighted by Gasteiger charge is 2.24. The Kier molecular flexibility index (Phi) is 2.36. The smallest absolute Gasteiger partial charge is 0.142 e. The fraction of sp³-hybridized carbons (Fsp3) is 0.235. The summed E-state index contributed by atoms with van der Waals surface area (Å²) in [5.41, 5.74) is 11.8. The normalized spacial score (nSPS) is 14.8. The van der Waals surface area contributed by atoms with E-state index in [4.69, 9.17) is 10.7 Å². The van der Waals surface area contributed by atoms with Crippen molar-refractivity contribution in [2.24, 2.45) is 0 Å². The molecule has 0 saturated heterocycles. The zero-order valence-electron chi connectivity index (χ0n) is 11.5. The van der Waals surface area contributed by atoms with E-state index in [1.807, 2.05) is 16.7 Å². The van der Waals surface area contributed by atoms with Crippen LogP contribution in [0.15, 0.2) is 42.6 Å². The molecule has 3 aromatic rings. The molecule has 3 nitrogen and oxygen atoms in total.